The second kappa shape index (κ2) is 9.16. The van der Waals surface area contributed by atoms with Gasteiger partial charge in [0, 0.05) is 12.2 Å². The molecule has 2 aliphatic rings. The van der Waals surface area contributed by atoms with Gasteiger partial charge >= 0.3 is 6.03 Å². The van der Waals surface area contributed by atoms with E-state index in [0.29, 0.717) is 12.1 Å². The Morgan fingerprint density at radius 3 is 2.44 bits per heavy atom. The largest absolute Gasteiger partial charge is 0.328 e. The summed E-state index contributed by atoms with van der Waals surface area (Å²) in [5, 5.41) is 2.25. The van der Waals surface area contributed by atoms with Crippen molar-refractivity contribution in [2.24, 2.45) is 5.92 Å². The first-order chi connectivity index (χ1) is 15.3. The van der Waals surface area contributed by atoms with Crippen LogP contribution in [-0.4, -0.2) is 46.1 Å². The van der Waals surface area contributed by atoms with Gasteiger partial charge in [-0.2, -0.15) is 0 Å². The minimum atomic E-state index is -0.466. The molecular formula is C24H24FN3O3S. The molecule has 1 N–H and O–H groups in total. The Bertz CT molecular complexity index is 1070. The third-order valence-electron chi connectivity index (χ3n) is 5.83. The molecule has 0 spiro atoms. The highest BCUT2D eigenvalue weighted by Gasteiger charge is 2.50. The molecule has 4 rings (SSSR count). The lowest BCUT2D eigenvalue weighted by Gasteiger charge is -2.41. The number of imide groups is 1. The molecular weight excluding hydrogens is 429 g/mol. The van der Waals surface area contributed by atoms with Crippen molar-refractivity contribution in [1.29, 1.82) is 0 Å². The quantitative estimate of drug-likeness (QED) is 0.710. The fourth-order valence-electron chi connectivity index (χ4n) is 3.99. The molecule has 2 aromatic rings. The van der Waals surface area contributed by atoms with E-state index in [0.717, 1.165) is 16.0 Å². The van der Waals surface area contributed by atoms with Crippen LogP contribution in [0.15, 0.2) is 65.1 Å². The number of nitrogens with one attached hydrogen (secondary N) is 1. The summed E-state index contributed by atoms with van der Waals surface area (Å²) in [7, 11) is 0. The minimum absolute atomic E-state index is 0.194. The molecule has 32 heavy (non-hydrogen) atoms. The van der Waals surface area contributed by atoms with Crippen molar-refractivity contribution < 1.29 is 18.8 Å². The Kier molecular flexibility index (Phi) is 6.32. The van der Waals surface area contributed by atoms with Gasteiger partial charge in [-0.05, 0) is 60.6 Å². The van der Waals surface area contributed by atoms with Gasteiger partial charge in [0.1, 0.15) is 12.4 Å². The first-order valence-electron chi connectivity index (χ1n) is 10.4. The summed E-state index contributed by atoms with van der Waals surface area (Å²) in [6.07, 6.45) is 0.542. The lowest BCUT2D eigenvalue weighted by Crippen LogP contribution is -2.61. The highest BCUT2D eigenvalue weighted by Crippen LogP contribution is 2.46. The minimum Gasteiger partial charge on any atom is -0.325 e. The molecule has 2 unspecified atom stereocenters. The van der Waals surface area contributed by atoms with Crippen LogP contribution in [0.2, 0.25) is 0 Å². The zero-order valence-corrected chi connectivity index (χ0v) is 18.7. The second-order valence-electron chi connectivity index (χ2n) is 7.92. The van der Waals surface area contributed by atoms with Gasteiger partial charge in [0.25, 0.3) is 0 Å². The van der Waals surface area contributed by atoms with Crippen molar-refractivity contribution in [2.75, 3.05) is 18.4 Å². The molecule has 2 atom stereocenters. The van der Waals surface area contributed by atoms with Crippen LogP contribution < -0.4 is 5.32 Å². The van der Waals surface area contributed by atoms with Gasteiger partial charge < -0.3 is 10.2 Å². The van der Waals surface area contributed by atoms with Gasteiger partial charge in [0.2, 0.25) is 11.8 Å². The Morgan fingerprint density at radius 1 is 1.06 bits per heavy atom. The van der Waals surface area contributed by atoms with Crippen LogP contribution in [0.1, 0.15) is 19.4 Å². The Morgan fingerprint density at radius 2 is 1.75 bits per heavy atom. The number of fused-ring (bicyclic) bond motifs is 1. The molecule has 1 fully saturated rings. The van der Waals surface area contributed by atoms with Crippen LogP contribution in [0.25, 0.3) is 0 Å². The maximum absolute atomic E-state index is 13.3. The molecule has 2 aliphatic heterocycles. The number of hydrogen-bond acceptors (Lipinski definition) is 4. The SMILES string of the molecule is CC1=C(C)C2C(=O)N(CCc3ccccc3)C(=O)N(CC(=O)Nc3ccc(F)cc3)C2S1. The molecule has 0 saturated carbocycles. The zero-order valence-electron chi connectivity index (χ0n) is 17.9. The number of rotatable bonds is 6. The fourth-order valence-corrected chi connectivity index (χ4v) is 5.41. The summed E-state index contributed by atoms with van der Waals surface area (Å²) < 4.78 is 13.1. The van der Waals surface area contributed by atoms with Crippen molar-refractivity contribution in [3.63, 3.8) is 0 Å². The smallest absolute Gasteiger partial charge is 0.325 e. The zero-order chi connectivity index (χ0) is 22.8. The van der Waals surface area contributed by atoms with E-state index in [1.54, 1.807) is 0 Å². The average Bonchev–Trinajstić information content (AvgIpc) is 3.08. The molecule has 0 radical (unpaired) electrons. The molecule has 2 heterocycles. The maximum atomic E-state index is 13.3. The Hall–Kier alpha value is -3.13. The summed E-state index contributed by atoms with van der Waals surface area (Å²) >= 11 is 1.45. The highest BCUT2D eigenvalue weighted by molar-refractivity contribution is 8.03. The molecule has 2 aromatic carbocycles. The standard InChI is InChI=1S/C24H24FN3O3S/c1-15-16(2)32-23-21(15)22(30)27(13-12-17-6-4-3-5-7-17)24(31)28(23)14-20(29)26-19-10-8-18(25)9-11-19/h3-11,21,23H,12-14H2,1-2H3,(H,26,29). The number of thioether (sulfide) groups is 1. The Balaban J connectivity index is 1.53. The average molecular weight is 454 g/mol. The summed E-state index contributed by atoms with van der Waals surface area (Å²) in [5.74, 6) is -1.48. The number of hydrogen-bond donors (Lipinski definition) is 1. The van der Waals surface area contributed by atoms with Crippen molar-refractivity contribution in [2.45, 2.75) is 25.6 Å². The number of allylic oxidation sites excluding steroid dienone is 1. The first-order valence-corrected chi connectivity index (χ1v) is 11.3. The summed E-state index contributed by atoms with van der Waals surface area (Å²) in [4.78, 5) is 43.0. The monoisotopic (exact) mass is 453 g/mol. The van der Waals surface area contributed by atoms with E-state index in [1.807, 2.05) is 44.2 Å². The van der Waals surface area contributed by atoms with E-state index in [4.69, 9.17) is 0 Å². The van der Waals surface area contributed by atoms with E-state index in [9.17, 15) is 18.8 Å². The second-order valence-corrected chi connectivity index (χ2v) is 9.25. The number of carbonyl (C=O) groups excluding carboxylic acids is 3. The molecule has 0 bridgehead atoms. The highest BCUT2D eigenvalue weighted by atomic mass is 32.2. The van der Waals surface area contributed by atoms with E-state index in [-0.39, 0.29) is 19.0 Å². The van der Waals surface area contributed by atoms with Crippen molar-refractivity contribution in [3.05, 3.63) is 76.5 Å². The number of amides is 4. The van der Waals surface area contributed by atoms with Crippen LogP contribution in [0.3, 0.4) is 0 Å². The van der Waals surface area contributed by atoms with E-state index in [2.05, 4.69) is 5.32 Å². The van der Waals surface area contributed by atoms with Gasteiger partial charge in [0.05, 0.1) is 11.3 Å². The third kappa shape index (κ3) is 4.41. The van der Waals surface area contributed by atoms with E-state index < -0.39 is 29.0 Å². The van der Waals surface area contributed by atoms with Crippen LogP contribution in [0, 0.1) is 11.7 Å². The number of carbonyl (C=O) groups is 3. The van der Waals surface area contributed by atoms with Gasteiger partial charge in [-0.1, -0.05) is 30.3 Å². The first kappa shape index (κ1) is 22.1. The van der Waals surface area contributed by atoms with Gasteiger partial charge in [-0.25, -0.2) is 9.18 Å². The number of urea groups is 1. The molecule has 8 heteroatoms. The van der Waals surface area contributed by atoms with Gasteiger partial charge in [-0.3, -0.25) is 14.5 Å². The van der Waals surface area contributed by atoms with Crippen molar-refractivity contribution in [3.8, 4) is 0 Å². The Labute approximate surface area is 190 Å². The topological polar surface area (TPSA) is 69.7 Å². The number of benzene rings is 2. The number of anilines is 1. The van der Waals surface area contributed by atoms with Gasteiger partial charge in [-0.15, -0.1) is 11.8 Å². The predicted octanol–water partition coefficient (Wildman–Crippen LogP) is 4.25. The fraction of sp³-hybridized carbons (Fsp3) is 0.292. The van der Waals surface area contributed by atoms with Crippen LogP contribution in [0.4, 0.5) is 14.9 Å². The number of nitrogens with zero attached hydrogens (tertiary/aromatic N) is 2. The van der Waals surface area contributed by atoms with Gasteiger partial charge in [0.15, 0.2) is 0 Å². The molecule has 4 amide bonds. The number of halogens is 1. The molecule has 6 nitrogen and oxygen atoms in total. The molecule has 1 saturated heterocycles. The predicted molar refractivity (Wildman–Crippen MR) is 122 cm³/mol. The van der Waals surface area contributed by atoms with Crippen LogP contribution >= 0.6 is 11.8 Å². The normalized spacial score (nSPS) is 20.6. The summed E-state index contributed by atoms with van der Waals surface area (Å²) in [6.45, 7) is 3.89. The lowest BCUT2D eigenvalue weighted by atomic mass is 9.95. The third-order valence-corrected chi connectivity index (χ3v) is 7.27. The maximum Gasteiger partial charge on any atom is 0.328 e. The lowest BCUT2D eigenvalue weighted by molar-refractivity contribution is -0.136. The van der Waals surface area contributed by atoms with Crippen molar-refractivity contribution in [1.82, 2.24) is 9.80 Å². The molecule has 0 aromatic heterocycles. The summed E-state index contributed by atoms with van der Waals surface area (Å²) in [5.41, 5.74) is 2.41. The molecule has 166 valence electrons. The summed E-state index contributed by atoms with van der Waals surface area (Å²) in [6, 6.07) is 14.6. The van der Waals surface area contributed by atoms with Crippen molar-refractivity contribution >= 4 is 35.3 Å². The molecule has 0 aliphatic carbocycles. The van der Waals surface area contributed by atoms with Crippen LogP contribution in [0.5, 0.6) is 0 Å². The van der Waals surface area contributed by atoms with E-state index in [1.165, 1.54) is 45.8 Å². The van der Waals surface area contributed by atoms with Crippen LogP contribution in [-0.2, 0) is 16.0 Å². The van der Waals surface area contributed by atoms with E-state index >= 15 is 0 Å².